The van der Waals surface area contributed by atoms with E-state index in [-0.39, 0.29) is 5.91 Å². The number of amides is 1. The highest BCUT2D eigenvalue weighted by molar-refractivity contribution is 7.17. The average Bonchev–Trinajstić information content (AvgIpc) is 3.19. The molecule has 0 saturated heterocycles. The molecule has 0 spiro atoms. The SMILES string of the molecule is CCN(CC)CCOc1cc(NC(=O)c2sc(-c3ccncc3)nc2C)ccc1OC. The number of methoxy groups -OCH3 is 1. The number of carbonyl (C=O) groups is 1. The van der Waals surface area contributed by atoms with E-state index in [0.717, 1.165) is 30.2 Å². The molecule has 8 heteroatoms. The van der Waals surface area contributed by atoms with Gasteiger partial charge in [-0.05, 0) is 44.3 Å². The predicted molar refractivity (Wildman–Crippen MR) is 124 cm³/mol. The second kappa shape index (κ2) is 10.9. The molecule has 0 saturated carbocycles. The van der Waals surface area contributed by atoms with Gasteiger partial charge < -0.3 is 19.7 Å². The van der Waals surface area contributed by atoms with Crippen molar-refractivity contribution in [2.24, 2.45) is 0 Å². The van der Waals surface area contributed by atoms with Gasteiger partial charge in [0.2, 0.25) is 0 Å². The van der Waals surface area contributed by atoms with E-state index in [0.29, 0.717) is 34.4 Å². The first-order valence-corrected chi connectivity index (χ1v) is 11.1. The van der Waals surface area contributed by atoms with Crippen molar-refractivity contribution in [3.8, 4) is 22.1 Å². The van der Waals surface area contributed by atoms with Crippen LogP contribution in [0.5, 0.6) is 11.5 Å². The van der Waals surface area contributed by atoms with E-state index in [4.69, 9.17) is 9.47 Å². The number of anilines is 1. The molecule has 3 rings (SSSR count). The fourth-order valence-corrected chi connectivity index (χ4v) is 4.07. The van der Waals surface area contributed by atoms with Crippen LogP contribution in [0.2, 0.25) is 0 Å². The van der Waals surface area contributed by atoms with Crippen molar-refractivity contribution < 1.29 is 14.3 Å². The quantitative estimate of drug-likeness (QED) is 0.500. The molecule has 0 unspecified atom stereocenters. The number of ether oxygens (including phenoxy) is 2. The third kappa shape index (κ3) is 5.80. The van der Waals surface area contributed by atoms with Crippen LogP contribution in [0, 0.1) is 6.92 Å². The first-order chi connectivity index (χ1) is 15.0. The normalized spacial score (nSPS) is 10.9. The van der Waals surface area contributed by atoms with Gasteiger partial charge in [-0.1, -0.05) is 13.8 Å². The summed E-state index contributed by atoms with van der Waals surface area (Å²) in [6, 6.07) is 9.15. The van der Waals surface area contributed by atoms with Crippen LogP contribution in [0.3, 0.4) is 0 Å². The summed E-state index contributed by atoms with van der Waals surface area (Å²) in [5, 5.41) is 3.74. The molecule has 0 fully saturated rings. The zero-order chi connectivity index (χ0) is 22.2. The lowest BCUT2D eigenvalue weighted by molar-refractivity contribution is 0.103. The Hall–Kier alpha value is -2.97. The van der Waals surface area contributed by atoms with E-state index in [1.807, 2.05) is 19.1 Å². The van der Waals surface area contributed by atoms with Crippen LogP contribution >= 0.6 is 11.3 Å². The maximum Gasteiger partial charge on any atom is 0.267 e. The Bertz CT molecular complexity index is 1000. The van der Waals surface area contributed by atoms with E-state index in [1.165, 1.54) is 11.3 Å². The third-order valence-corrected chi connectivity index (χ3v) is 6.12. The first kappa shape index (κ1) is 22.7. The largest absolute Gasteiger partial charge is 0.493 e. The fourth-order valence-electron chi connectivity index (χ4n) is 3.10. The Balaban J connectivity index is 1.72. The molecule has 31 heavy (non-hydrogen) atoms. The van der Waals surface area contributed by atoms with Crippen molar-refractivity contribution in [3.05, 3.63) is 53.3 Å². The van der Waals surface area contributed by atoms with Gasteiger partial charge >= 0.3 is 0 Å². The van der Waals surface area contributed by atoms with Crippen LogP contribution < -0.4 is 14.8 Å². The number of hydrogen-bond acceptors (Lipinski definition) is 7. The van der Waals surface area contributed by atoms with Gasteiger partial charge in [0.15, 0.2) is 11.5 Å². The number of rotatable bonds is 10. The molecule has 0 aliphatic heterocycles. The Morgan fingerprint density at radius 2 is 1.87 bits per heavy atom. The van der Waals surface area contributed by atoms with Crippen LogP contribution in [0.1, 0.15) is 29.2 Å². The van der Waals surface area contributed by atoms with E-state index >= 15 is 0 Å². The molecule has 3 aromatic rings. The fraction of sp³-hybridized carbons (Fsp3) is 0.348. The van der Waals surface area contributed by atoms with Crippen LogP contribution in [0.4, 0.5) is 5.69 Å². The van der Waals surface area contributed by atoms with E-state index in [1.54, 1.807) is 37.7 Å². The summed E-state index contributed by atoms with van der Waals surface area (Å²) in [4.78, 5) is 24.3. The molecule has 2 aromatic heterocycles. The van der Waals surface area contributed by atoms with Crippen molar-refractivity contribution in [1.82, 2.24) is 14.9 Å². The summed E-state index contributed by atoms with van der Waals surface area (Å²) in [5.74, 6) is 1.03. The number of aromatic nitrogens is 2. The molecule has 0 atom stereocenters. The van der Waals surface area contributed by atoms with Crippen LogP contribution in [-0.4, -0.2) is 54.1 Å². The third-order valence-electron chi connectivity index (χ3n) is 4.91. The molecule has 0 aliphatic rings. The van der Waals surface area contributed by atoms with Gasteiger partial charge in [0.1, 0.15) is 16.5 Å². The Morgan fingerprint density at radius 3 is 2.55 bits per heavy atom. The molecule has 0 bridgehead atoms. The van der Waals surface area contributed by atoms with Crippen molar-refractivity contribution in [2.75, 3.05) is 38.7 Å². The Labute approximate surface area is 187 Å². The number of carbonyl (C=O) groups excluding carboxylic acids is 1. The second-order valence-corrected chi connectivity index (χ2v) is 7.86. The number of nitrogens with one attached hydrogen (secondary N) is 1. The van der Waals surface area contributed by atoms with Crippen LogP contribution in [0.15, 0.2) is 42.7 Å². The molecule has 7 nitrogen and oxygen atoms in total. The second-order valence-electron chi connectivity index (χ2n) is 6.86. The number of likely N-dealkylation sites (N-methyl/N-ethyl adjacent to an activating group) is 1. The van der Waals surface area contributed by atoms with Crippen molar-refractivity contribution in [2.45, 2.75) is 20.8 Å². The molecule has 2 heterocycles. The molecular formula is C23H28N4O3S. The molecule has 0 aliphatic carbocycles. The Morgan fingerprint density at radius 1 is 1.13 bits per heavy atom. The highest BCUT2D eigenvalue weighted by Crippen LogP contribution is 2.32. The lowest BCUT2D eigenvalue weighted by atomic mass is 10.2. The number of nitrogens with zero attached hydrogens (tertiary/aromatic N) is 3. The van der Waals surface area contributed by atoms with E-state index in [2.05, 4.69) is 34.0 Å². The summed E-state index contributed by atoms with van der Waals surface area (Å²) in [6.45, 7) is 9.41. The smallest absolute Gasteiger partial charge is 0.267 e. The van der Waals surface area contributed by atoms with Crippen LogP contribution in [-0.2, 0) is 0 Å². The van der Waals surface area contributed by atoms with Gasteiger partial charge in [0, 0.05) is 36.3 Å². The zero-order valence-corrected chi connectivity index (χ0v) is 19.2. The molecule has 1 amide bonds. The lowest BCUT2D eigenvalue weighted by Gasteiger charge is -2.19. The molecule has 1 N–H and O–H groups in total. The first-order valence-electron chi connectivity index (χ1n) is 10.3. The minimum absolute atomic E-state index is 0.199. The summed E-state index contributed by atoms with van der Waals surface area (Å²) < 4.78 is 11.3. The predicted octanol–water partition coefficient (Wildman–Crippen LogP) is 4.50. The van der Waals surface area contributed by atoms with Crippen molar-refractivity contribution in [3.63, 3.8) is 0 Å². The topological polar surface area (TPSA) is 76.6 Å². The Kier molecular flexibility index (Phi) is 7.97. The van der Waals surface area contributed by atoms with Gasteiger partial charge in [0.25, 0.3) is 5.91 Å². The zero-order valence-electron chi connectivity index (χ0n) is 18.3. The monoisotopic (exact) mass is 440 g/mol. The van der Waals surface area contributed by atoms with Gasteiger partial charge in [-0.2, -0.15) is 0 Å². The molecule has 0 radical (unpaired) electrons. The minimum Gasteiger partial charge on any atom is -0.493 e. The van der Waals surface area contributed by atoms with Crippen LogP contribution in [0.25, 0.3) is 10.6 Å². The summed E-state index contributed by atoms with van der Waals surface area (Å²) in [7, 11) is 1.60. The maximum absolute atomic E-state index is 12.9. The summed E-state index contributed by atoms with van der Waals surface area (Å²) in [5.41, 5.74) is 2.27. The number of aryl methyl sites for hydroxylation is 1. The van der Waals surface area contributed by atoms with Crippen molar-refractivity contribution in [1.29, 1.82) is 0 Å². The molecule has 164 valence electrons. The lowest BCUT2D eigenvalue weighted by Crippen LogP contribution is -2.28. The standard InChI is InChI=1S/C23H28N4O3S/c1-5-27(6-2)13-14-30-20-15-18(7-8-19(20)29-4)26-22(28)21-16(3)25-23(31-21)17-9-11-24-12-10-17/h7-12,15H,5-6,13-14H2,1-4H3,(H,26,28). The van der Waals surface area contributed by atoms with Gasteiger partial charge in [-0.3, -0.25) is 9.78 Å². The molecular weight excluding hydrogens is 412 g/mol. The summed E-state index contributed by atoms with van der Waals surface area (Å²) >= 11 is 1.36. The number of hydrogen-bond donors (Lipinski definition) is 1. The average molecular weight is 441 g/mol. The number of benzene rings is 1. The summed E-state index contributed by atoms with van der Waals surface area (Å²) in [6.07, 6.45) is 3.43. The van der Waals surface area contributed by atoms with Gasteiger partial charge in [0.05, 0.1) is 12.8 Å². The van der Waals surface area contributed by atoms with Crippen molar-refractivity contribution >= 4 is 22.9 Å². The maximum atomic E-state index is 12.9. The van der Waals surface area contributed by atoms with E-state index in [9.17, 15) is 4.79 Å². The number of thiazole rings is 1. The highest BCUT2D eigenvalue weighted by Gasteiger charge is 2.17. The molecule has 1 aromatic carbocycles. The number of pyridine rings is 1. The van der Waals surface area contributed by atoms with E-state index < -0.39 is 0 Å². The highest BCUT2D eigenvalue weighted by atomic mass is 32.1. The minimum atomic E-state index is -0.199. The van der Waals surface area contributed by atoms with Gasteiger partial charge in [-0.25, -0.2) is 4.98 Å². The van der Waals surface area contributed by atoms with Gasteiger partial charge in [-0.15, -0.1) is 11.3 Å².